The number of piperidine rings is 1. The van der Waals surface area contributed by atoms with Crippen LogP contribution in [0.3, 0.4) is 0 Å². The lowest BCUT2D eigenvalue weighted by atomic mass is 9.96. The molecule has 0 N–H and O–H groups in total. The summed E-state index contributed by atoms with van der Waals surface area (Å²) in [6.45, 7) is 0.775. The van der Waals surface area contributed by atoms with Crippen LogP contribution < -0.4 is 0 Å². The van der Waals surface area contributed by atoms with E-state index in [1.807, 2.05) is 51.9 Å². The van der Waals surface area contributed by atoms with Gasteiger partial charge in [-0.15, -0.1) is 0 Å². The van der Waals surface area contributed by atoms with E-state index < -0.39 is 0 Å². The number of rotatable bonds is 3. The number of carbonyl (C=O) groups is 1. The Morgan fingerprint density at radius 3 is 2.90 bits per heavy atom. The highest BCUT2D eigenvalue weighted by Gasteiger charge is 2.34. The van der Waals surface area contributed by atoms with Gasteiger partial charge < -0.3 is 4.90 Å². The van der Waals surface area contributed by atoms with Crippen molar-refractivity contribution in [2.24, 2.45) is 7.05 Å². The van der Waals surface area contributed by atoms with E-state index in [9.17, 15) is 4.79 Å². The highest BCUT2D eigenvalue weighted by molar-refractivity contribution is 9.10. The van der Waals surface area contributed by atoms with Gasteiger partial charge in [-0.1, -0.05) is 22.0 Å². The molecule has 5 rings (SSSR count). The van der Waals surface area contributed by atoms with Crippen molar-refractivity contribution in [1.29, 1.82) is 0 Å². The lowest BCUT2D eigenvalue weighted by molar-refractivity contribution is 0.0603. The highest BCUT2D eigenvalue weighted by Crippen LogP contribution is 2.34. The van der Waals surface area contributed by atoms with Gasteiger partial charge in [-0.3, -0.25) is 9.48 Å². The normalized spacial score (nSPS) is 18.8. The zero-order valence-corrected chi connectivity index (χ0v) is 18.1. The smallest absolute Gasteiger partial charge is 0.275 e. The Labute approximate surface area is 178 Å². The average molecular weight is 454 g/mol. The molecule has 1 aliphatic heterocycles. The number of likely N-dealkylation sites (tertiary alicyclic amines) is 1. The maximum atomic E-state index is 13.7. The lowest BCUT2D eigenvalue weighted by Gasteiger charge is -2.35. The Hall–Kier alpha value is -2.41. The molecule has 1 amide bonds. The van der Waals surface area contributed by atoms with Crippen LogP contribution in [0.5, 0.6) is 0 Å². The molecular formula is C22H24BrN5O. The minimum Gasteiger partial charge on any atom is -0.330 e. The monoisotopic (exact) mass is 453 g/mol. The van der Waals surface area contributed by atoms with Crippen LogP contribution in [-0.2, 0) is 19.9 Å². The van der Waals surface area contributed by atoms with Gasteiger partial charge in [0.15, 0.2) is 5.69 Å². The predicted octanol–water partition coefficient (Wildman–Crippen LogP) is 4.22. The van der Waals surface area contributed by atoms with Crippen molar-refractivity contribution in [1.82, 2.24) is 24.5 Å². The molecule has 1 unspecified atom stereocenters. The summed E-state index contributed by atoms with van der Waals surface area (Å²) in [5, 5.41) is 9.16. The molecule has 1 aromatic carbocycles. The fourth-order valence-electron chi connectivity index (χ4n) is 4.70. The van der Waals surface area contributed by atoms with E-state index >= 15 is 0 Å². The fraction of sp³-hybridized carbons (Fsp3) is 0.409. The predicted molar refractivity (Wildman–Crippen MR) is 114 cm³/mol. The number of nitrogens with zero attached hydrogens (tertiary/aromatic N) is 5. The largest absolute Gasteiger partial charge is 0.330 e. The van der Waals surface area contributed by atoms with Crippen molar-refractivity contribution < 1.29 is 4.79 Å². The molecule has 0 saturated carbocycles. The summed E-state index contributed by atoms with van der Waals surface area (Å²) in [4.78, 5) is 15.7. The Bertz CT molecular complexity index is 1070. The number of fused-ring (bicyclic) bond motifs is 1. The Balaban J connectivity index is 1.53. The number of benzene rings is 1. The standard InChI is InChI=1S/C22H24BrN5O/c1-26-14-15(13-24-26)19-9-2-3-11-27(19)22(29)21-18-8-5-10-20(18)28(25-21)17-7-4-6-16(23)12-17/h4,6-7,12-14,19H,2-3,5,8-11H2,1H3. The van der Waals surface area contributed by atoms with E-state index in [4.69, 9.17) is 5.10 Å². The first kappa shape index (κ1) is 18.6. The molecule has 3 heterocycles. The number of aryl methyl sites for hydroxylation is 1. The van der Waals surface area contributed by atoms with Crippen LogP contribution >= 0.6 is 15.9 Å². The summed E-state index contributed by atoms with van der Waals surface area (Å²) in [6, 6.07) is 8.19. The second-order valence-electron chi connectivity index (χ2n) is 7.98. The number of amides is 1. The molecule has 2 aliphatic rings. The van der Waals surface area contributed by atoms with Gasteiger partial charge in [0.2, 0.25) is 0 Å². The van der Waals surface area contributed by atoms with Gasteiger partial charge in [0.25, 0.3) is 5.91 Å². The van der Waals surface area contributed by atoms with Crippen LogP contribution in [-0.4, -0.2) is 36.9 Å². The third-order valence-electron chi connectivity index (χ3n) is 6.06. The summed E-state index contributed by atoms with van der Waals surface area (Å²) in [5.74, 6) is 0.0606. The zero-order chi connectivity index (χ0) is 20.0. The SMILES string of the molecule is Cn1cc(C2CCCCN2C(=O)c2nn(-c3cccc(Br)c3)c3c2CCC3)cn1. The summed E-state index contributed by atoms with van der Waals surface area (Å²) in [5.41, 5.74) is 5.06. The van der Waals surface area contributed by atoms with E-state index in [1.54, 1.807) is 0 Å². The number of hydrogen-bond donors (Lipinski definition) is 0. The van der Waals surface area contributed by atoms with Gasteiger partial charge in [-0.05, 0) is 56.7 Å². The molecule has 0 bridgehead atoms. The molecule has 0 spiro atoms. The number of carbonyl (C=O) groups excluding carboxylic acids is 1. The Morgan fingerprint density at radius 1 is 1.21 bits per heavy atom. The van der Waals surface area contributed by atoms with Crippen LogP contribution in [0.4, 0.5) is 0 Å². The van der Waals surface area contributed by atoms with Crippen molar-refractivity contribution in [3.05, 3.63) is 63.6 Å². The zero-order valence-electron chi connectivity index (χ0n) is 16.5. The van der Waals surface area contributed by atoms with E-state index in [0.717, 1.165) is 66.4 Å². The number of aromatic nitrogens is 4. The van der Waals surface area contributed by atoms with Gasteiger partial charge in [-0.25, -0.2) is 4.68 Å². The maximum absolute atomic E-state index is 13.7. The van der Waals surface area contributed by atoms with Crippen LogP contribution in [0.15, 0.2) is 41.1 Å². The van der Waals surface area contributed by atoms with Gasteiger partial charge in [0.05, 0.1) is 17.9 Å². The Kier molecular flexibility index (Phi) is 4.78. The van der Waals surface area contributed by atoms with Crippen LogP contribution in [0.25, 0.3) is 5.69 Å². The summed E-state index contributed by atoms with van der Waals surface area (Å²) >= 11 is 3.55. The summed E-state index contributed by atoms with van der Waals surface area (Å²) < 4.78 is 4.80. The first-order valence-corrected chi connectivity index (χ1v) is 11.1. The third kappa shape index (κ3) is 3.31. The first-order valence-electron chi connectivity index (χ1n) is 10.3. The molecule has 1 fully saturated rings. The second-order valence-corrected chi connectivity index (χ2v) is 8.89. The van der Waals surface area contributed by atoms with Crippen molar-refractivity contribution in [3.63, 3.8) is 0 Å². The van der Waals surface area contributed by atoms with Crippen LogP contribution in [0, 0.1) is 0 Å². The average Bonchev–Trinajstić information content (AvgIpc) is 3.44. The van der Waals surface area contributed by atoms with Crippen LogP contribution in [0.1, 0.15) is 59.0 Å². The van der Waals surface area contributed by atoms with Gasteiger partial charge >= 0.3 is 0 Å². The third-order valence-corrected chi connectivity index (χ3v) is 6.55. The summed E-state index contributed by atoms with van der Waals surface area (Å²) in [7, 11) is 1.92. The molecule has 1 aliphatic carbocycles. The van der Waals surface area contributed by atoms with Gasteiger partial charge in [-0.2, -0.15) is 10.2 Å². The molecule has 29 heavy (non-hydrogen) atoms. The van der Waals surface area contributed by atoms with Gasteiger partial charge in [0, 0.05) is 41.1 Å². The molecule has 1 saturated heterocycles. The molecule has 1 atom stereocenters. The quantitative estimate of drug-likeness (QED) is 0.596. The van der Waals surface area contributed by atoms with E-state index in [1.165, 1.54) is 5.69 Å². The number of hydrogen-bond acceptors (Lipinski definition) is 3. The summed E-state index contributed by atoms with van der Waals surface area (Å²) in [6.07, 6.45) is 10.0. The molecule has 2 aromatic heterocycles. The van der Waals surface area contributed by atoms with Gasteiger partial charge in [0.1, 0.15) is 0 Å². The molecular weight excluding hydrogens is 430 g/mol. The lowest BCUT2D eigenvalue weighted by Crippen LogP contribution is -2.39. The van der Waals surface area contributed by atoms with Crippen molar-refractivity contribution in [2.75, 3.05) is 6.54 Å². The molecule has 150 valence electrons. The fourth-order valence-corrected chi connectivity index (χ4v) is 5.09. The van der Waals surface area contributed by atoms with Crippen molar-refractivity contribution in [2.45, 2.75) is 44.6 Å². The number of halogens is 1. The van der Waals surface area contributed by atoms with E-state index in [0.29, 0.717) is 5.69 Å². The van der Waals surface area contributed by atoms with Crippen molar-refractivity contribution in [3.8, 4) is 5.69 Å². The minimum atomic E-state index is 0.0606. The van der Waals surface area contributed by atoms with E-state index in [2.05, 4.69) is 27.1 Å². The van der Waals surface area contributed by atoms with Crippen molar-refractivity contribution >= 4 is 21.8 Å². The Morgan fingerprint density at radius 2 is 2.10 bits per heavy atom. The maximum Gasteiger partial charge on any atom is 0.275 e. The molecule has 7 heteroatoms. The highest BCUT2D eigenvalue weighted by atomic mass is 79.9. The van der Waals surface area contributed by atoms with Crippen LogP contribution in [0.2, 0.25) is 0 Å². The molecule has 3 aromatic rings. The first-order chi connectivity index (χ1) is 14.1. The molecule has 0 radical (unpaired) electrons. The topological polar surface area (TPSA) is 56.0 Å². The molecule has 6 nitrogen and oxygen atoms in total. The second kappa shape index (κ2) is 7.44. The van der Waals surface area contributed by atoms with E-state index in [-0.39, 0.29) is 11.9 Å². The minimum absolute atomic E-state index is 0.0606.